The van der Waals surface area contributed by atoms with E-state index in [4.69, 9.17) is 13.6 Å². The number of benzene rings is 2. The van der Waals surface area contributed by atoms with Crippen LogP contribution in [0.4, 0.5) is 4.79 Å². The van der Waals surface area contributed by atoms with Gasteiger partial charge in [-0.15, -0.1) is 0 Å². The van der Waals surface area contributed by atoms with Gasteiger partial charge in [0.25, 0.3) is 8.32 Å². The lowest BCUT2D eigenvalue weighted by atomic mass is 9.97. The van der Waals surface area contributed by atoms with Gasteiger partial charge in [-0.3, -0.25) is 0 Å². The summed E-state index contributed by atoms with van der Waals surface area (Å²) in [6, 6.07) is 21.4. The Balaban J connectivity index is 2.02. The predicted octanol–water partition coefficient (Wildman–Crippen LogP) is 7.21. The monoisotopic (exact) mass is 583 g/mol. The first-order chi connectivity index (χ1) is 18.4. The van der Waals surface area contributed by atoms with Gasteiger partial charge >= 0.3 is 6.09 Å². The van der Waals surface area contributed by atoms with E-state index in [2.05, 4.69) is 115 Å². The van der Waals surface area contributed by atoms with Gasteiger partial charge < -0.3 is 18.5 Å². The number of nitrogens with zero attached hydrogens (tertiary/aromatic N) is 1. The Morgan fingerprint density at radius 2 is 1.30 bits per heavy atom. The normalized spacial score (nSPS) is 19.4. The number of amides is 1. The van der Waals surface area contributed by atoms with E-state index < -0.39 is 22.2 Å². The van der Waals surface area contributed by atoms with Crippen molar-refractivity contribution >= 4 is 33.1 Å². The summed E-state index contributed by atoms with van der Waals surface area (Å²) in [6.45, 7) is 25.8. The number of rotatable bonds is 7. The van der Waals surface area contributed by atoms with Gasteiger partial charge in [-0.25, -0.2) is 4.79 Å². The molecule has 1 heterocycles. The first-order valence-corrected chi connectivity index (χ1v) is 19.6. The summed E-state index contributed by atoms with van der Waals surface area (Å²) < 4.78 is 20.0. The minimum atomic E-state index is -2.78. The molecule has 0 N–H and O–H groups in total. The Hall–Kier alpha value is -1.94. The highest BCUT2D eigenvalue weighted by atomic mass is 28.4. The third-order valence-corrected chi connectivity index (χ3v) is 18.0. The second kappa shape index (κ2) is 12.1. The number of carbonyl (C=O) groups excluding carboxylic acids is 1. The van der Waals surface area contributed by atoms with E-state index in [0.29, 0.717) is 19.7 Å². The average Bonchev–Trinajstić information content (AvgIpc) is 2.84. The largest absolute Gasteiger partial charge is 0.444 e. The fourth-order valence-corrected chi connectivity index (χ4v) is 11.1. The van der Waals surface area contributed by atoms with Crippen LogP contribution < -0.4 is 10.4 Å². The average molecular weight is 584 g/mol. The minimum absolute atomic E-state index is 0.122. The molecule has 7 heteroatoms. The van der Waals surface area contributed by atoms with Crippen LogP contribution in [0.2, 0.25) is 23.2 Å². The highest BCUT2D eigenvalue weighted by molar-refractivity contribution is 6.99. The van der Waals surface area contributed by atoms with Crippen LogP contribution >= 0.6 is 0 Å². The van der Waals surface area contributed by atoms with Crippen LogP contribution in [0, 0.1) is 5.92 Å². The van der Waals surface area contributed by atoms with E-state index in [1.807, 2.05) is 25.7 Å². The molecular formula is C33H53NO4Si2. The standard InChI is InChI=1S/C33H53NO4Si2/c1-31(2,3)37-30(35)34-23-26(25-36-39(10,11)32(4,5)6)22-27(24-34)38-40(33(7,8)9,28-18-14-12-15-19-28)29-20-16-13-17-21-29/h12-21,26-27H,22-25H2,1-11H3/t26-,27+/m0/s1. The summed E-state index contributed by atoms with van der Waals surface area (Å²) in [6.07, 6.45) is 0.430. The zero-order valence-electron chi connectivity index (χ0n) is 26.8. The van der Waals surface area contributed by atoms with Crippen LogP contribution in [0.1, 0.15) is 68.7 Å². The highest BCUT2D eigenvalue weighted by Crippen LogP contribution is 2.40. The molecule has 0 aliphatic carbocycles. The molecule has 5 nitrogen and oxygen atoms in total. The highest BCUT2D eigenvalue weighted by Gasteiger charge is 2.52. The zero-order valence-corrected chi connectivity index (χ0v) is 28.8. The van der Waals surface area contributed by atoms with Gasteiger partial charge in [0.05, 0.1) is 6.10 Å². The molecule has 222 valence electrons. The van der Waals surface area contributed by atoms with Crippen LogP contribution in [0.5, 0.6) is 0 Å². The molecule has 1 fully saturated rings. The summed E-state index contributed by atoms with van der Waals surface area (Å²) in [7, 11) is -4.73. The summed E-state index contributed by atoms with van der Waals surface area (Å²) in [5.41, 5.74) is -0.560. The molecule has 0 saturated carbocycles. The molecular weight excluding hydrogens is 531 g/mol. The predicted molar refractivity (Wildman–Crippen MR) is 172 cm³/mol. The summed E-state index contributed by atoms with van der Waals surface area (Å²) in [4.78, 5) is 15.3. The number of piperidine rings is 1. The van der Waals surface area contributed by atoms with Gasteiger partial charge in [0, 0.05) is 25.6 Å². The molecule has 0 aromatic heterocycles. The Bertz CT molecular complexity index is 1060. The number of hydrogen-bond donors (Lipinski definition) is 0. The summed E-state index contributed by atoms with van der Waals surface area (Å²) in [5, 5.41) is 2.48. The maximum Gasteiger partial charge on any atom is 0.410 e. The number of likely N-dealkylation sites (tertiary alicyclic amines) is 1. The Morgan fingerprint density at radius 1 is 0.800 bits per heavy atom. The molecule has 0 radical (unpaired) electrons. The van der Waals surface area contributed by atoms with Crippen molar-refractivity contribution in [3.05, 3.63) is 60.7 Å². The molecule has 2 atom stereocenters. The maximum atomic E-state index is 13.4. The van der Waals surface area contributed by atoms with Crippen molar-refractivity contribution in [1.82, 2.24) is 4.90 Å². The first kappa shape index (κ1) is 32.6. The quantitative estimate of drug-likeness (QED) is 0.323. The molecule has 1 saturated heterocycles. The van der Waals surface area contributed by atoms with Crippen molar-refractivity contribution in [3.8, 4) is 0 Å². The molecule has 0 spiro atoms. The van der Waals surface area contributed by atoms with Crippen molar-refractivity contribution in [2.45, 2.75) is 104 Å². The fraction of sp³-hybridized carbons (Fsp3) is 0.606. The summed E-state index contributed by atoms with van der Waals surface area (Å²) >= 11 is 0. The second-order valence-electron chi connectivity index (χ2n) is 15.0. The second-order valence-corrected chi connectivity index (χ2v) is 24.0. The Kier molecular flexibility index (Phi) is 9.87. The number of carbonyl (C=O) groups is 1. The SMILES string of the molecule is CC(C)(C)OC(=O)N1C[C@@H](CO[Si](C)(C)C(C)(C)C)C[C@@H](O[Si](c2ccccc2)(c2ccccc2)C(C)(C)C)C1. The molecule has 0 unspecified atom stereocenters. The first-order valence-electron chi connectivity index (χ1n) is 14.8. The molecule has 40 heavy (non-hydrogen) atoms. The van der Waals surface area contributed by atoms with E-state index >= 15 is 0 Å². The number of ether oxygens (including phenoxy) is 1. The van der Waals surface area contributed by atoms with Crippen LogP contribution in [0.15, 0.2) is 60.7 Å². The van der Waals surface area contributed by atoms with Crippen molar-refractivity contribution in [3.63, 3.8) is 0 Å². The maximum absolute atomic E-state index is 13.4. The van der Waals surface area contributed by atoms with Crippen molar-refractivity contribution in [2.75, 3.05) is 19.7 Å². The minimum Gasteiger partial charge on any atom is -0.444 e. The molecule has 1 aliphatic heterocycles. The van der Waals surface area contributed by atoms with E-state index in [1.165, 1.54) is 10.4 Å². The Labute approximate surface area is 245 Å². The summed E-state index contributed by atoms with van der Waals surface area (Å²) in [5.74, 6) is 0.165. The third-order valence-electron chi connectivity index (χ3n) is 8.40. The lowest BCUT2D eigenvalue weighted by Crippen LogP contribution is -2.69. The van der Waals surface area contributed by atoms with Gasteiger partial charge in [0.1, 0.15) is 5.60 Å². The van der Waals surface area contributed by atoms with E-state index in [1.54, 1.807) is 0 Å². The third kappa shape index (κ3) is 7.66. The van der Waals surface area contributed by atoms with E-state index in [0.717, 1.165) is 6.42 Å². The molecule has 3 rings (SSSR count). The smallest absolute Gasteiger partial charge is 0.410 e. The van der Waals surface area contributed by atoms with Crippen molar-refractivity contribution < 1.29 is 18.4 Å². The van der Waals surface area contributed by atoms with Crippen molar-refractivity contribution in [2.24, 2.45) is 5.92 Å². The molecule has 2 aromatic carbocycles. The molecule has 2 aromatic rings. The molecule has 1 amide bonds. The molecule has 1 aliphatic rings. The van der Waals surface area contributed by atoms with Crippen LogP contribution in [-0.2, 0) is 13.6 Å². The van der Waals surface area contributed by atoms with Crippen molar-refractivity contribution in [1.29, 1.82) is 0 Å². The number of hydrogen-bond acceptors (Lipinski definition) is 4. The lowest BCUT2D eigenvalue weighted by molar-refractivity contribution is -0.00961. The van der Waals surface area contributed by atoms with Gasteiger partial charge in [-0.1, -0.05) is 102 Å². The topological polar surface area (TPSA) is 48.0 Å². The zero-order chi connectivity index (χ0) is 30.0. The van der Waals surface area contributed by atoms with Crippen LogP contribution in [0.25, 0.3) is 0 Å². The Morgan fingerprint density at radius 3 is 1.73 bits per heavy atom. The van der Waals surface area contributed by atoms with Gasteiger partial charge in [0.2, 0.25) is 0 Å². The van der Waals surface area contributed by atoms with Gasteiger partial charge in [-0.05, 0) is 60.7 Å². The van der Waals surface area contributed by atoms with Gasteiger partial charge in [0.15, 0.2) is 8.32 Å². The molecule has 0 bridgehead atoms. The van der Waals surface area contributed by atoms with Gasteiger partial charge in [-0.2, -0.15) is 0 Å². The van der Waals surface area contributed by atoms with E-state index in [-0.39, 0.29) is 28.2 Å². The van der Waals surface area contributed by atoms with Crippen LogP contribution in [0.3, 0.4) is 0 Å². The van der Waals surface area contributed by atoms with E-state index in [9.17, 15) is 4.79 Å². The lowest BCUT2D eigenvalue weighted by Gasteiger charge is -2.48. The van der Waals surface area contributed by atoms with Crippen LogP contribution in [-0.4, -0.2) is 59.0 Å². The fourth-order valence-electron chi connectivity index (χ4n) is 5.32.